The number of hydrazine groups is 1. The average Bonchev–Trinajstić information content (AvgIpc) is 2.97. The molecule has 2 amide bonds. The first kappa shape index (κ1) is 14.7. The van der Waals surface area contributed by atoms with Crippen LogP contribution >= 0.6 is 11.5 Å². The number of halogens is 1. The predicted molar refractivity (Wildman–Crippen MR) is 75.6 cm³/mol. The van der Waals surface area contributed by atoms with Crippen LogP contribution in [0.3, 0.4) is 0 Å². The van der Waals surface area contributed by atoms with Gasteiger partial charge in [-0.05, 0) is 29.7 Å². The normalized spacial score (nSPS) is 9.81. The summed E-state index contributed by atoms with van der Waals surface area (Å²) in [6.07, 6.45) is 1.50. The lowest BCUT2D eigenvalue weighted by Crippen LogP contribution is -2.33. The van der Waals surface area contributed by atoms with Crippen molar-refractivity contribution >= 4 is 34.9 Å². The topological polar surface area (TPSA) is 92.4 Å². The number of methoxy groups -OCH3 is 1. The Morgan fingerprint density at radius 2 is 2.14 bits per heavy atom. The number of nitrogens with one attached hydrogen (secondary N) is 3. The van der Waals surface area contributed by atoms with Gasteiger partial charge in [-0.25, -0.2) is 14.0 Å². The molecule has 0 spiro atoms. The lowest BCUT2D eigenvalue weighted by atomic mass is 10.2. The third kappa shape index (κ3) is 3.89. The summed E-state index contributed by atoms with van der Waals surface area (Å²) in [6.45, 7) is 0. The van der Waals surface area contributed by atoms with Crippen molar-refractivity contribution in [2.24, 2.45) is 0 Å². The van der Waals surface area contributed by atoms with E-state index in [-0.39, 0.29) is 11.3 Å². The molecular weight excluding hydrogens is 299 g/mol. The van der Waals surface area contributed by atoms with E-state index >= 15 is 0 Å². The Hall–Kier alpha value is -2.68. The molecule has 0 saturated heterocycles. The molecule has 21 heavy (non-hydrogen) atoms. The van der Waals surface area contributed by atoms with Gasteiger partial charge in [-0.1, -0.05) is 0 Å². The summed E-state index contributed by atoms with van der Waals surface area (Å²) >= 11 is 1.20. The van der Waals surface area contributed by atoms with E-state index in [0.29, 0.717) is 5.69 Å². The van der Waals surface area contributed by atoms with Crippen molar-refractivity contribution in [1.29, 1.82) is 0 Å². The number of urea groups is 1. The average molecular weight is 310 g/mol. The maximum Gasteiger partial charge on any atom is 0.340 e. The maximum absolute atomic E-state index is 13.6. The Balaban J connectivity index is 1.93. The molecule has 7 nitrogen and oxygen atoms in total. The number of carbonyl (C=O) groups excluding carboxylic acids is 2. The number of ether oxygens (including phenoxy) is 1. The number of carbonyl (C=O) groups is 2. The summed E-state index contributed by atoms with van der Waals surface area (Å²) in [7, 11) is 1.17. The zero-order chi connectivity index (χ0) is 15.2. The molecule has 0 unspecified atom stereocenters. The first-order valence-electron chi connectivity index (χ1n) is 5.70. The monoisotopic (exact) mass is 310 g/mol. The van der Waals surface area contributed by atoms with Crippen LogP contribution in [0.5, 0.6) is 0 Å². The van der Waals surface area contributed by atoms with Crippen LogP contribution in [0.15, 0.2) is 29.8 Å². The number of hydrogen-bond donors (Lipinski definition) is 3. The van der Waals surface area contributed by atoms with Crippen LogP contribution in [0.1, 0.15) is 10.4 Å². The van der Waals surface area contributed by atoms with E-state index in [1.807, 2.05) is 0 Å². The summed E-state index contributed by atoms with van der Waals surface area (Å²) in [4.78, 5) is 22.7. The van der Waals surface area contributed by atoms with Crippen LogP contribution in [0, 0.1) is 5.82 Å². The molecule has 1 aromatic heterocycles. The van der Waals surface area contributed by atoms with E-state index in [0.717, 1.165) is 6.07 Å². The van der Waals surface area contributed by atoms with Gasteiger partial charge >= 0.3 is 12.0 Å². The van der Waals surface area contributed by atoms with Gasteiger partial charge in [0.1, 0.15) is 5.82 Å². The van der Waals surface area contributed by atoms with Crippen LogP contribution in [-0.4, -0.2) is 23.5 Å². The summed E-state index contributed by atoms with van der Waals surface area (Å²) < 4.78 is 21.9. The van der Waals surface area contributed by atoms with Gasteiger partial charge in [-0.15, -0.1) is 0 Å². The smallest absolute Gasteiger partial charge is 0.340 e. The molecule has 0 atom stereocenters. The number of hydrogen-bond acceptors (Lipinski definition) is 6. The first-order chi connectivity index (χ1) is 10.1. The molecule has 9 heteroatoms. The third-order valence-electron chi connectivity index (χ3n) is 2.38. The molecule has 110 valence electrons. The third-order valence-corrected chi connectivity index (χ3v) is 2.97. The summed E-state index contributed by atoms with van der Waals surface area (Å²) in [5.41, 5.74) is 5.47. The highest BCUT2D eigenvalue weighted by molar-refractivity contribution is 7.04. The Labute approximate surface area is 123 Å². The highest BCUT2D eigenvalue weighted by atomic mass is 32.1. The molecule has 1 aromatic carbocycles. The molecule has 0 fully saturated rings. The minimum Gasteiger partial charge on any atom is -0.465 e. The van der Waals surface area contributed by atoms with Crippen molar-refractivity contribution in [3.8, 4) is 0 Å². The number of esters is 1. The lowest BCUT2D eigenvalue weighted by molar-refractivity contribution is 0.0595. The van der Waals surface area contributed by atoms with Gasteiger partial charge in [0.15, 0.2) is 0 Å². The van der Waals surface area contributed by atoms with Crippen molar-refractivity contribution in [2.45, 2.75) is 0 Å². The highest BCUT2D eigenvalue weighted by Gasteiger charge is 2.12. The zero-order valence-electron chi connectivity index (χ0n) is 10.8. The molecule has 1 heterocycles. The van der Waals surface area contributed by atoms with E-state index in [1.54, 1.807) is 5.38 Å². The molecule has 0 bridgehead atoms. The van der Waals surface area contributed by atoms with Gasteiger partial charge in [-0.3, -0.25) is 10.9 Å². The molecule has 3 N–H and O–H groups in total. The Morgan fingerprint density at radius 3 is 2.76 bits per heavy atom. The van der Waals surface area contributed by atoms with Crippen molar-refractivity contribution in [2.75, 3.05) is 17.9 Å². The minimum absolute atomic E-state index is 0.183. The highest BCUT2D eigenvalue weighted by Crippen LogP contribution is 2.15. The van der Waals surface area contributed by atoms with Crippen LogP contribution in [-0.2, 0) is 4.74 Å². The van der Waals surface area contributed by atoms with Gasteiger partial charge in [0.05, 0.1) is 30.2 Å². The summed E-state index contributed by atoms with van der Waals surface area (Å²) in [5.74, 6) is -1.52. The molecule has 0 saturated carbocycles. The second-order valence-electron chi connectivity index (χ2n) is 3.80. The second-order valence-corrected chi connectivity index (χ2v) is 4.46. The number of benzene rings is 1. The molecule has 0 aliphatic heterocycles. The van der Waals surface area contributed by atoms with E-state index in [2.05, 4.69) is 25.3 Å². The number of aromatic nitrogens is 1. The Bertz CT molecular complexity index is 648. The SMILES string of the molecule is COC(=O)c1ccc(NNC(=O)Nc2cnsc2)cc1F. The Kier molecular flexibility index (Phi) is 4.67. The van der Waals surface area contributed by atoms with Gasteiger partial charge in [0.2, 0.25) is 0 Å². The lowest BCUT2D eigenvalue weighted by Gasteiger charge is -2.10. The largest absolute Gasteiger partial charge is 0.465 e. The first-order valence-corrected chi connectivity index (χ1v) is 6.54. The standard InChI is InChI=1S/C12H11FN4O3S/c1-20-11(18)9-3-2-7(4-10(9)13)16-17-12(19)15-8-5-14-21-6-8/h2-6,16H,1H3,(H2,15,17,19). The minimum atomic E-state index is -0.769. The Morgan fingerprint density at radius 1 is 1.33 bits per heavy atom. The van der Waals surface area contributed by atoms with Crippen molar-refractivity contribution in [3.05, 3.63) is 41.2 Å². The molecule has 2 rings (SSSR count). The van der Waals surface area contributed by atoms with Gasteiger partial charge < -0.3 is 10.1 Å². The molecule has 0 aliphatic carbocycles. The summed E-state index contributed by atoms with van der Waals surface area (Å²) in [6, 6.07) is 3.22. The fraction of sp³-hybridized carbons (Fsp3) is 0.0833. The van der Waals surface area contributed by atoms with Crippen LogP contribution < -0.4 is 16.2 Å². The van der Waals surface area contributed by atoms with Gasteiger partial charge in [0.25, 0.3) is 0 Å². The van der Waals surface area contributed by atoms with Crippen LogP contribution in [0.2, 0.25) is 0 Å². The van der Waals surface area contributed by atoms with Gasteiger partial charge in [-0.2, -0.15) is 4.37 Å². The zero-order valence-corrected chi connectivity index (χ0v) is 11.7. The maximum atomic E-state index is 13.6. The number of amides is 2. The van der Waals surface area contributed by atoms with E-state index < -0.39 is 17.8 Å². The molecule has 2 aromatic rings. The van der Waals surface area contributed by atoms with Crippen molar-refractivity contribution < 1.29 is 18.7 Å². The molecular formula is C12H11FN4O3S. The molecule has 0 radical (unpaired) electrons. The number of rotatable bonds is 4. The quantitative estimate of drug-likeness (QED) is 0.595. The second kappa shape index (κ2) is 6.66. The van der Waals surface area contributed by atoms with E-state index in [4.69, 9.17) is 0 Å². The summed E-state index contributed by atoms with van der Waals surface area (Å²) in [5, 5.41) is 4.17. The molecule has 0 aliphatic rings. The van der Waals surface area contributed by atoms with E-state index in [1.165, 1.54) is 37.0 Å². The predicted octanol–water partition coefficient (Wildman–Crippen LogP) is 2.22. The fourth-order valence-electron chi connectivity index (χ4n) is 1.43. The fourth-order valence-corrected chi connectivity index (χ4v) is 1.89. The van der Waals surface area contributed by atoms with E-state index in [9.17, 15) is 14.0 Å². The van der Waals surface area contributed by atoms with Crippen molar-refractivity contribution in [3.63, 3.8) is 0 Å². The van der Waals surface area contributed by atoms with Gasteiger partial charge in [0, 0.05) is 5.38 Å². The van der Waals surface area contributed by atoms with Crippen LogP contribution in [0.25, 0.3) is 0 Å². The van der Waals surface area contributed by atoms with Crippen molar-refractivity contribution in [1.82, 2.24) is 9.80 Å². The van der Waals surface area contributed by atoms with Crippen LogP contribution in [0.4, 0.5) is 20.6 Å². The number of nitrogens with zero attached hydrogens (tertiary/aromatic N) is 1. The number of anilines is 2.